The average Bonchev–Trinajstić information content (AvgIpc) is 2.95. The van der Waals surface area contributed by atoms with Crippen LogP contribution in [-0.2, 0) is 4.79 Å². The van der Waals surface area contributed by atoms with E-state index in [1.807, 2.05) is 22.4 Å². The summed E-state index contributed by atoms with van der Waals surface area (Å²) in [5.41, 5.74) is 6.06. The summed E-state index contributed by atoms with van der Waals surface area (Å²) < 4.78 is 0. The second-order valence-corrected chi connectivity index (χ2v) is 6.23. The molecule has 2 aliphatic heterocycles. The van der Waals surface area contributed by atoms with Crippen LogP contribution in [0, 0.1) is 0 Å². The van der Waals surface area contributed by atoms with Gasteiger partial charge in [0.05, 0.1) is 6.10 Å². The van der Waals surface area contributed by atoms with Crippen molar-refractivity contribution in [2.45, 2.75) is 49.9 Å². The SMILES string of the molecule is NC(C(=O)N1C2CCC1CC(O)C2)c1cccs1. The van der Waals surface area contributed by atoms with Gasteiger partial charge in [0, 0.05) is 17.0 Å². The van der Waals surface area contributed by atoms with Crippen LogP contribution in [0.4, 0.5) is 0 Å². The van der Waals surface area contributed by atoms with E-state index < -0.39 is 6.04 Å². The summed E-state index contributed by atoms with van der Waals surface area (Å²) in [4.78, 5) is 15.4. The van der Waals surface area contributed by atoms with Gasteiger partial charge in [0.1, 0.15) is 6.04 Å². The van der Waals surface area contributed by atoms with Gasteiger partial charge in [-0.15, -0.1) is 11.3 Å². The van der Waals surface area contributed by atoms with Gasteiger partial charge in [0.25, 0.3) is 0 Å². The number of amides is 1. The van der Waals surface area contributed by atoms with Gasteiger partial charge in [-0.3, -0.25) is 4.79 Å². The first-order chi connectivity index (χ1) is 8.66. The van der Waals surface area contributed by atoms with E-state index in [1.54, 1.807) is 0 Å². The molecule has 2 saturated heterocycles. The fraction of sp³-hybridized carbons (Fsp3) is 0.615. The first-order valence-electron chi connectivity index (χ1n) is 6.46. The third kappa shape index (κ3) is 1.96. The molecule has 0 radical (unpaired) electrons. The average molecular weight is 266 g/mol. The maximum absolute atomic E-state index is 12.5. The van der Waals surface area contributed by atoms with Crippen LogP contribution in [-0.4, -0.2) is 34.1 Å². The lowest BCUT2D eigenvalue weighted by atomic mass is 9.99. The number of thiophene rings is 1. The van der Waals surface area contributed by atoms with Crippen molar-refractivity contribution < 1.29 is 9.90 Å². The molecule has 2 bridgehead atoms. The van der Waals surface area contributed by atoms with E-state index >= 15 is 0 Å². The molecule has 0 saturated carbocycles. The summed E-state index contributed by atoms with van der Waals surface area (Å²) in [6, 6.07) is 3.67. The topological polar surface area (TPSA) is 66.6 Å². The molecule has 18 heavy (non-hydrogen) atoms. The Morgan fingerprint density at radius 2 is 2.11 bits per heavy atom. The third-order valence-corrected chi connectivity index (χ3v) is 5.03. The second kappa shape index (κ2) is 4.64. The van der Waals surface area contributed by atoms with Crippen LogP contribution >= 0.6 is 11.3 Å². The number of carbonyl (C=O) groups excluding carboxylic acids is 1. The predicted octanol–water partition coefficient (Wildman–Crippen LogP) is 1.26. The Hall–Kier alpha value is -0.910. The highest BCUT2D eigenvalue weighted by Gasteiger charge is 2.44. The lowest BCUT2D eigenvalue weighted by molar-refractivity contribution is -0.138. The van der Waals surface area contributed by atoms with Gasteiger partial charge in [0.2, 0.25) is 5.91 Å². The van der Waals surface area contributed by atoms with Gasteiger partial charge in [-0.05, 0) is 37.1 Å². The summed E-state index contributed by atoms with van der Waals surface area (Å²) in [5.74, 6) is 0.0249. The van der Waals surface area contributed by atoms with Crippen molar-refractivity contribution in [1.29, 1.82) is 0 Å². The Morgan fingerprint density at radius 1 is 1.44 bits per heavy atom. The Balaban J connectivity index is 1.77. The molecule has 3 heterocycles. The molecule has 3 unspecified atom stereocenters. The van der Waals surface area contributed by atoms with Crippen molar-refractivity contribution in [2.24, 2.45) is 5.73 Å². The highest BCUT2D eigenvalue weighted by Crippen LogP contribution is 2.37. The molecule has 3 rings (SSSR count). The lowest BCUT2D eigenvalue weighted by Crippen LogP contribution is -2.50. The standard InChI is InChI=1S/C13H18N2O2S/c14-12(11-2-1-5-18-11)13(17)15-8-3-4-9(15)7-10(16)6-8/h1-2,5,8-10,12,16H,3-4,6-7,14H2. The van der Waals surface area contributed by atoms with Crippen molar-refractivity contribution in [3.8, 4) is 0 Å². The largest absolute Gasteiger partial charge is 0.393 e. The van der Waals surface area contributed by atoms with Crippen LogP contribution in [0.1, 0.15) is 36.6 Å². The number of carbonyl (C=O) groups is 1. The number of hydrogen-bond acceptors (Lipinski definition) is 4. The summed E-state index contributed by atoms with van der Waals surface area (Å²) in [6.45, 7) is 0. The molecular weight excluding hydrogens is 248 g/mol. The maximum atomic E-state index is 12.5. The Kier molecular flexibility index (Phi) is 3.13. The molecular formula is C13H18N2O2S. The monoisotopic (exact) mass is 266 g/mol. The molecule has 5 heteroatoms. The smallest absolute Gasteiger partial charge is 0.245 e. The van der Waals surface area contributed by atoms with Crippen molar-refractivity contribution in [2.75, 3.05) is 0 Å². The van der Waals surface area contributed by atoms with Crippen molar-refractivity contribution in [3.05, 3.63) is 22.4 Å². The predicted molar refractivity (Wildman–Crippen MR) is 70.1 cm³/mol. The number of nitrogens with zero attached hydrogens (tertiary/aromatic N) is 1. The van der Waals surface area contributed by atoms with Crippen LogP contribution < -0.4 is 5.73 Å². The number of hydrogen-bond donors (Lipinski definition) is 2. The summed E-state index contributed by atoms with van der Waals surface area (Å²) in [5, 5.41) is 11.7. The molecule has 3 N–H and O–H groups in total. The maximum Gasteiger partial charge on any atom is 0.245 e. The molecule has 3 atom stereocenters. The second-order valence-electron chi connectivity index (χ2n) is 5.25. The molecule has 1 amide bonds. The van der Waals surface area contributed by atoms with E-state index in [0.717, 1.165) is 17.7 Å². The van der Waals surface area contributed by atoms with Crippen LogP contribution in [0.5, 0.6) is 0 Å². The minimum Gasteiger partial charge on any atom is -0.393 e. The minimum atomic E-state index is -0.539. The molecule has 1 aromatic rings. The van der Waals surface area contributed by atoms with Gasteiger partial charge < -0.3 is 15.7 Å². The molecule has 2 aliphatic rings. The molecule has 0 spiro atoms. The van der Waals surface area contributed by atoms with E-state index in [1.165, 1.54) is 11.3 Å². The highest BCUT2D eigenvalue weighted by molar-refractivity contribution is 7.10. The third-order valence-electron chi connectivity index (χ3n) is 4.08. The first kappa shape index (κ1) is 12.1. The number of aliphatic hydroxyl groups excluding tert-OH is 1. The minimum absolute atomic E-state index is 0.0249. The molecule has 4 nitrogen and oxygen atoms in total. The molecule has 1 aromatic heterocycles. The van der Waals surface area contributed by atoms with Gasteiger partial charge in [0.15, 0.2) is 0 Å². The zero-order chi connectivity index (χ0) is 12.7. The van der Waals surface area contributed by atoms with E-state index in [-0.39, 0.29) is 24.1 Å². The molecule has 98 valence electrons. The number of nitrogens with two attached hydrogens (primary N) is 1. The fourth-order valence-corrected chi connectivity index (χ4v) is 3.98. The zero-order valence-electron chi connectivity index (χ0n) is 10.2. The normalized spacial score (nSPS) is 32.6. The summed E-state index contributed by atoms with van der Waals surface area (Å²) in [7, 11) is 0. The van der Waals surface area contributed by atoms with Crippen LogP contribution in [0.15, 0.2) is 17.5 Å². The van der Waals surface area contributed by atoms with Crippen LogP contribution in [0.25, 0.3) is 0 Å². The van der Waals surface area contributed by atoms with Gasteiger partial charge in [-0.2, -0.15) is 0 Å². The molecule has 0 aromatic carbocycles. The number of fused-ring (bicyclic) bond motifs is 2. The fourth-order valence-electron chi connectivity index (χ4n) is 3.26. The molecule has 2 fully saturated rings. The van der Waals surface area contributed by atoms with E-state index in [2.05, 4.69) is 0 Å². The van der Waals surface area contributed by atoms with Crippen molar-refractivity contribution >= 4 is 17.2 Å². The highest BCUT2D eigenvalue weighted by atomic mass is 32.1. The quantitative estimate of drug-likeness (QED) is 0.847. The van der Waals surface area contributed by atoms with Gasteiger partial charge >= 0.3 is 0 Å². The first-order valence-corrected chi connectivity index (χ1v) is 7.34. The number of rotatable bonds is 2. The van der Waals surface area contributed by atoms with E-state index in [4.69, 9.17) is 5.73 Å². The Bertz CT molecular complexity index is 420. The number of piperidine rings is 1. The van der Waals surface area contributed by atoms with Crippen molar-refractivity contribution in [1.82, 2.24) is 4.90 Å². The lowest BCUT2D eigenvalue weighted by Gasteiger charge is -2.38. The Morgan fingerprint density at radius 3 is 2.67 bits per heavy atom. The van der Waals surface area contributed by atoms with Crippen LogP contribution in [0.3, 0.4) is 0 Å². The van der Waals surface area contributed by atoms with E-state index in [9.17, 15) is 9.90 Å². The van der Waals surface area contributed by atoms with Crippen molar-refractivity contribution in [3.63, 3.8) is 0 Å². The number of aliphatic hydroxyl groups is 1. The molecule has 0 aliphatic carbocycles. The van der Waals surface area contributed by atoms with E-state index in [0.29, 0.717) is 12.8 Å². The van der Waals surface area contributed by atoms with Crippen LogP contribution in [0.2, 0.25) is 0 Å². The summed E-state index contributed by atoms with van der Waals surface area (Å²) >= 11 is 1.52. The van der Waals surface area contributed by atoms with Gasteiger partial charge in [-0.1, -0.05) is 6.07 Å². The summed E-state index contributed by atoms with van der Waals surface area (Å²) in [6.07, 6.45) is 3.18. The zero-order valence-corrected chi connectivity index (χ0v) is 11.0. The van der Waals surface area contributed by atoms with Gasteiger partial charge in [-0.25, -0.2) is 0 Å². The Labute approximate surface area is 110 Å².